The first-order valence-corrected chi connectivity index (χ1v) is 6.31. The summed E-state index contributed by atoms with van der Waals surface area (Å²) in [6.45, 7) is 8.91. The number of unbranched alkanes of at least 4 members (excludes halogenated alkanes) is 1. The van der Waals surface area contributed by atoms with Gasteiger partial charge in [0.05, 0.1) is 0 Å². The Labute approximate surface area is 100 Å². The predicted octanol–water partition coefficient (Wildman–Crippen LogP) is 4.17. The summed E-state index contributed by atoms with van der Waals surface area (Å²) in [7, 11) is 0. The summed E-state index contributed by atoms with van der Waals surface area (Å²) < 4.78 is 0. The molecule has 0 aromatic heterocycles. The highest BCUT2D eigenvalue weighted by atomic mass is 14.6. The minimum atomic E-state index is 0.203. The second-order valence-electron chi connectivity index (χ2n) is 5.62. The molecule has 1 heteroatoms. The van der Waals surface area contributed by atoms with Gasteiger partial charge in [0.15, 0.2) is 0 Å². The minimum Gasteiger partial charge on any atom is -0.324 e. The summed E-state index contributed by atoms with van der Waals surface area (Å²) >= 11 is 0. The van der Waals surface area contributed by atoms with Crippen molar-refractivity contribution < 1.29 is 0 Å². The molecule has 90 valence electrons. The van der Waals surface area contributed by atoms with Crippen LogP contribution >= 0.6 is 0 Å². The zero-order valence-electron chi connectivity index (χ0n) is 11.1. The second kappa shape index (κ2) is 5.49. The molecule has 0 aliphatic carbocycles. The first-order chi connectivity index (χ1) is 7.45. The zero-order chi connectivity index (χ0) is 12.2. The van der Waals surface area contributed by atoms with Gasteiger partial charge < -0.3 is 5.73 Å². The van der Waals surface area contributed by atoms with Gasteiger partial charge in [-0.2, -0.15) is 0 Å². The molecule has 0 heterocycles. The van der Waals surface area contributed by atoms with Crippen molar-refractivity contribution in [2.24, 2.45) is 5.73 Å². The summed E-state index contributed by atoms with van der Waals surface area (Å²) in [6.07, 6.45) is 3.52. The van der Waals surface area contributed by atoms with Crippen molar-refractivity contribution in [3.8, 4) is 0 Å². The lowest BCUT2D eigenvalue weighted by Crippen LogP contribution is -2.13. The van der Waals surface area contributed by atoms with Crippen molar-refractivity contribution in [1.82, 2.24) is 0 Å². The van der Waals surface area contributed by atoms with Gasteiger partial charge in [-0.1, -0.05) is 64.8 Å². The smallest absolute Gasteiger partial charge is 0.0294 e. The fourth-order valence-electron chi connectivity index (χ4n) is 1.82. The van der Waals surface area contributed by atoms with E-state index in [1.165, 1.54) is 24.0 Å². The van der Waals surface area contributed by atoms with Crippen molar-refractivity contribution in [2.75, 3.05) is 0 Å². The van der Waals surface area contributed by atoms with E-state index < -0.39 is 0 Å². The summed E-state index contributed by atoms with van der Waals surface area (Å²) in [4.78, 5) is 0. The van der Waals surface area contributed by atoms with E-state index in [9.17, 15) is 0 Å². The van der Waals surface area contributed by atoms with E-state index in [0.29, 0.717) is 0 Å². The lowest BCUT2D eigenvalue weighted by Gasteiger charge is -2.20. The number of hydrogen-bond acceptors (Lipinski definition) is 1. The molecule has 1 rings (SSSR count). The number of hydrogen-bond donors (Lipinski definition) is 1. The standard InChI is InChI=1S/C15H25N/c1-5-6-7-14(16)12-8-10-13(11-9-12)15(2,3)4/h8-11,14H,5-7,16H2,1-4H3. The highest BCUT2D eigenvalue weighted by molar-refractivity contribution is 5.29. The van der Waals surface area contributed by atoms with Crippen LogP contribution in [0.3, 0.4) is 0 Å². The summed E-state index contributed by atoms with van der Waals surface area (Å²) in [5.74, 6) is 0. The van der Waals surface area contributed by atoms with Gasteiger partial charge in [0.1, 0.15) is 0 Å². The average molecular weight is 219 g/mol. The Morgan fingerprint density at radius 1 is 1.12 bits per heavy atom. The van der Waals surface area contributed by atoms with E-state index in [1.807, 2.05) is 0 Å². The molecular weight excluding hydrogens is 194 g/mol. The highest BCUT2D eigenvalue weighted by Crippen LogP contribution is 2.24. The molecule has 0 saturated heterocycles. The molecule has 1 aromatic rings. The lowest BCUT2D eigenvalue weighted by molar-refractivity contribution is 0.585. The van der Waals surface area contributed by atoms with E-state index >= 15 is 0 Å². The number of rotatable bonds is 4. The monoisotopic (exact) mass is 219 g/mol. The van der Waals surface area contributed by atoms with Crippen LogP contribution in [0, 0.1) is 0 Å². The Bertz CT molecular complexity index is 305. The molecule has 0 amide bonds. The molecule has 1 aromatic carbocycles. The zero-order valence-corrected chi connectivity index (χ0v) is 11.1. The first kappa shape index (κ1) is 13.2. The molecule has 0 bridgehead atoms. The Kier molecular flexibility index (Phi) is 4.55. The van der Waals surface area contributed by atoms with E-state index in [0.717, 1.165) is 6.42 Å². The van der Waals surface area contributed by atoms with Crippen molar-refractivity contribution in [3.63, 3.8) is 0 Å². The second-order valence-corrected chi connectivity index (χ2v) is 5.62. The van der Waals surface area contributed by atoms with Crippen molar-refractivity contribution >= 4 is 0 Å². The lowest BCUT2D eigenvalue weighted by atomic mass is 9.86. The Balaban J connectivity index is 2.71. The fourth-order valence-corrected chi connectivity index (χ4v) is 1.82. The molecule has 0 fully saturated rings. The van der Waals surface area contributed by atoms with Gasteiger partial charge in [-0.15, -0.1) is 0 Å². The van der Waals surface area contributed by atoms with Crippen LogP contribution in [0.1, 0.15) is 64.1 Å². The van der Waals surface area contributed by atoms with Crippen LogP contribution in [0.2, 0.25) is 0 Å². The molecule has 1 atom stereocenters. The van der Waals surface area contributed by atoms with Crippen LogP contribution in [0.25, 0.3) is 0 Å². The molecule has 0 aliphatic rings. The van der Waals surface area contributed by atoms with Gasteiger partial charge in [0.2, 0.25) is 0 Å². The summed E-state index contributed by atoms with van der Waals surface area (Å²) in [6, 6.07) is 8.98. The van der Waals surface area contributed by atoms with E-state index in [4.69, 9.17) is 5.73 Å². The van der Waals surface area contributed by atoms with Crippen LogP contribution in [-0.2, 0) is 5.41 Å². The van der Waals surface area contributed by atoms with E-state index in [1.54, 1.807) is 0 Å². The average Bonchev–Trinajstić information content (AvgIpc) is 2.25. The Morgan fingerprint density at radius 3 is 2.12 bits per heavy atom. The molecule has 0 aliphatic heterocycles. The Morgan fingerprint density at radius 2 is 1.69 bits per heavy atom. The topological polar surface area (TPSA) is 26.0 Å². The predicted molar refractivity (Wildman–Crippen MR) is 71.6 cm³/mol. The largest absolute Gasteiger partial charge is 0.324 e. The van der Waals surface area contributed by atoms with Crippen molar-refractivity contribution in [1.29, 1.82) is 0 Å². The van der Waals surface area contributed by atoms with Gasteiger partial charge in [0.25, 0.3) is 0 Å². The maximum atomic E-state index is 6.14. The number of nitrogens with two attached hydrogens (primary N) is 1. The van der Waals surface area contributed by atoms with Crippen LogP contribution in [0.5, 0.6) is 0 Å². The van der Waals surface area contributed by atoms with Crippen LogP contribution < -0.4 is 5.73 Å². The van der Waals surface area contributed by atoms with Crippen LogP contribution in [0.15, 0.2) is 24.3 Å². The van der Waals surface area contributed by atoms with Crippen molar-refractivity contribution in [3.05, 3.63) is 35.4 Å². The minimum absolute atomic E-state index is 0.203. The molecule has 16 heavy (non-hydrogen) atoms. The van der Waals surface area contributed by atoms with E-state index in [-0.39, 0.29) is 11.5 Å². The van der Waals surface area contributed by atoms with Gasteiger partial charge in [-0.25, -0.2) is 0 Å². The SMILES string of the molecule is CCCCC(N)c1ccc(C(C)(C)C)cc1. The molecule has 1 unspecified atom stereocenters. The normalized spacial score (nSPS) is 13.8. The highest BCUT2D eigenvalue weighted by Gasteiger charge is 2.13. The molecule has 0 spiro atoms. The maximum absolute atomic E-state index is 6.14. The van der Waals surface area contributed by atoms with Crippen molar-refractivity contribution in [2.45, 2.75) is 58.4 Å². The number of benzene rings is 1. The maximum Gasteiger partial charge on any atom is 0.0294 e. The summed E-state index contributed by atoms with van der Waals surface area (Å²) in [5, 5.41) is 0. The molecule has 0 saturated carbocycles. The van der Waals surface area contributed by atoms with Gasteiger partial charge in [-0.3, -0.25) is 0 Å². The third kappa shape index (κ3) is 3.64. The van der Waals surface area contributed by atoms with Gasteiger partial charge in [-0.05, 0) is 23.0 Å². The molecule has 0 radical (unpaired) electrons. The molecule has 1 nitrogen and oxygen atoms in total. The quantitative estimate of drug-likeness (QED) is 0.808. The van der Waals surface area contributed by atoms with Crippen LogP contribution in [0.4, 0.5) is 0 Å². The van der Waals surface area contributed by atoms with E-state index in [2.05, 4.69) is 52.0 Å². The summed E-state index contributed by atoms with van der Waals surface area (Å²) in [5.41, 5.74) is 9.01. The third-order valence-corrected chi connectivity index (χ3v) is 3.07. The van der Waals surface area contributed by atoms with Gasteiger partial charge >= 0.3 is 0 Å². The van der Waals surface area contributed by atoms with Crippen LogP contribution in [-0.4, -0.2) is 0 Å². The first-order valence-electron chi connectivity index (χ1n) is 6.31. The molecular formula is C15H25N. The van der Waals surface area contributed by atoms with Gasteiger partial charge in [0, 0.05) is 6.04 Å². The third-order valence-electron chi connectivity index (χ3n) is 3.07. The fraction of sp³-hybridized carbons (Fsp3) is 0.600. The molecule has 2 N–H and O–H groups in total. The Hall–Kier alpha value is -0.820.